The Morgan fingerprint density at radius 2 is 2.38 bits per heavy atom. The number of anilines is 1. The zero-order chi connectivity index (χ0) is 10.0. The highest BCUT2D eigenvalue weighted by Gasteiger charge is 2.10. The molecule has 0 aromatic carbocycles. The van der Waals surface area contributed by atoms with Crippen LogP contribution in [0, 0.1) is 6.92 Å². The van der Waals surface area contributed by atoms with Crippen molar-refractivity contribution in [1.82, 2.24) is 9.78 Å². The van der Waals surface area contributed by atoms with Crippen LogP contribution in [0.5, 0.6) is 0 Å². The highest BCUT2D eigenvalue weighted by molar-refractivity contribution is 5.82. The molecule has 3 N–H and O–H groups in total. The molecule has 1 rings (SSSR count). The van der Waals surface area contributed by atoms with E-state index in [-0.39, 0.29) is 11.9 Å². The summed E-state index contributed by atoms with van der Waals surface area (Å²) in [5.41, 5.74) is 6.81. The van der Waals surface area contributed by atoms with E-state index in [4.69, 9.17) is 5.73 Å². The lowest BCUT2D eigenvalue weighted by atomic mass is 10.3. The van der Waals surface area contributed by atoms with Gasteiger partial charge in [-0.2, -0.15) is 5.10 Å². The highest BCUT2D eigenvalue weighted by atomic mass is 16.1. The van der Waals surface area contributed by atoms with E-state index >= 15 is 0 Å². The zero-order valence-corrected chi connectivity index (χ0v) is 8.03. The molecule has 13 heavy (non-hydrogen) atoms. The summed E-state index contributed by atoms with van der Waals surface area (Å²) < 4.78 is 1.69. The van der Waals surface area contributed by atoms with Crippen molar-refractivity contribution in [2.24, 2.45) is 12.8 Å². The number of nitrogens with two attached hydrogens (primary N) is 1. The maximum atomic E-state index is 10.8. The predicted octanol–water partition coefficient (Wildman–Crippen LogP) is 0.0142. The van der Waals surface area contributed by atoms with Crippen LogP contribution in [0.3, 0.4) is 0 Å². The smallest absolute Gasteiger partial charge is 0.239 e. The second kappa shape index (κ2) is 3.47. The molecule has 0 aliphatic carbocycles. The largest absolute Gasteiger partial charge is 0.371 e. The maximum Gasteiger partial charge on any atom is 0.239 e. The molecular formula is C8H14N4O. The van der Waals surface area contributed by atoms with Gasteiger partial charge in [0.2, 0.25) is 5.91 Å². The summed E-state index contributed by atoms with van der Waals surface area (Å²) in [5, 5.41) is 7.10. The fraction of sp³-hybridized carbons (Fsp3) is 0.500. The monoisotopic (exact) mass is 182 g/mol. The molecule has 1 amide bonds. The molecule has 1 unspecified atom stereocenters. The van der Waals surface area contributed by atoms with E-state index in [1.165, 1.54) is 0 Å². The quantitative estimate of drug-likeness (QED) is 0.691. The van der Waals surface area contributed by atoms with Gasteiger partial charge in [0.05, 0.1) is 11.4 Å². The topological polar surface area (TPSA) is 72.9 Å². The van der Waals surface area contributed by atoms with E-state index in [2.05, 4.69) is 10.4 Å². The molecule has 0 aliphatic heterocycles. The van der Waals surface area contributed by atoms with Crippen molar-refractivity contribution in [2.75, 3.05) is 5.32 Å². The average Bonchev–Trinajstić information content (AvgIpc) is 2.30. The summed E-state index contributed by atoms with van der Waals surface area (Å²) in [4.78, 5) is 10.8. The number of hydrogen-bond donors (Lipinski definition) is 2. The van der Waals surface area contributed by atoms with E-state index < -0.39 is 0 Å². The third kappa shape index (κ3) is 2.21. The van der Waals surface area contributed by atoms with Crippen molar-refractivity contribution in [3.8, 4) is 0 Å². The second-order valence-electron chi connectivity index (χ2n) is 3.07. The minimum atomic E-state index is -0.372. The van der Waals surface area contributed by atoms with E-state index in [0.717, 1.165) is 11.4 Å². The van der Waals surface area contributed by atoms with Crippen molar-refractivity contribution < 1.29 is 4.79 Å². The van der Waals surface area contributed by atoms with Crippen molar-refractivity contribution in [2.45, 2.75) is 19.9 Å². The Balaban J connectivity index is 2.74. The van der Waals surface area contributed by atoms with Crippen LogP contribution in [0.2, 0.25) is 0 Å². The lowest BCUT2D eigenvalue weighted by Gasteiger charge is -2.09. The van der Waals surface area contributed by atoms with E-state index in [9.17, 15) is 4.79 Å². The molecule has 0 saturated carbocycles. The van der Waals surface area contributed by atoms with Crippen molar-refractivity contribution in [3.05, 3.63) is 11.9 Å². The third-order valence-electron chi connectivity index (χ3n) is 1.81. The number of rotatable bonds is 3. The number of nitrogens with zero attached hydrogens (tertiary/aromatic N) is 2. The van der Waals surface area contributed by atoms with Crippen molar-refractivity contribution in [1.29, 1.82) is 0 Å². The van der Waals surface area contributed by atoms with Crippen LogP contribution < -0.4 is 11.1 Å². The van der Waals surface area contributed by atoms with Crippen LogP contribution in [-0.4, -0.2) is 21.7 Å². The fourth-order valence-corrected chi connectivity index (χ4v) is 1.05. The highest BCUT2D eigenvalue weighted by Crippen LogP contribution is 2.12. The maximum absolute atomic E-state index is 10.8. The van der Waals surface area contributed by atoms with Gasteiger partial charge in [0.15, 0.2) is 0 Å². The fourth-order valence-electron chi connectivity index (χ4n) is 1.05. The molecule has 72 valence electrons. The molecule has 0 spiro atoms. The molecular weight excluding hydrogens is 168 g/mol. The average molecular weight is 182 g/mol. The summed E-state index contributed by atoms with van der Waals surface area (Å²) in [6.07, 6.45) is 1.81. The van der Waals surface area contributed by atoms with Crippen LogP contribution >= 0.6 is 0 Å². The van der Waals surface area contributed by atoms with Gasteiger partial charge < -0.3 is 11.1 Å². The van der Waals surface area contributed by atoms with Gasteiger partial charge in [0.1, 0.15) is 6.04 Å². The first kappa shape index (κ1) is 9.57. The van der Waals surface area contributed by atoms with Crippen LogP contribution in [0.1, 0.15) is 12.6 Å². The molecule has 5 nitrogen and oxygen atoms in total. The SMILES string of the molecule is Cc1nn(C)cc1NC(C)C(N)=O. The molecule has 1 aromatic rings. The second-order valence-corrected chi connectivity index (χ2v) is 3.07. The molecule has 1 aromatic heterocycles. The standard InChI is InChI=1S/C8H14N4O/c1-5-7(4-12(3)11-5)10-6(2)8(9)13/h4,6,10H,1-3H3,(H2,9,13). The number of amides is 1. The normalized spacial score (nSPS) is 12.5. The number of nitrogens with one attached hydrogen (secondary N) is 1. The van der Waals surface area contributed by atoms with Gasteiger partial charge in [-0.05, 0) is 13.8 Å². The number of carbonyl (C=O) groups is 1. The van der Waals surface area contributed by atoms with Gasteiger partial charge in [0.25, 0.3) is 0 Å². The Hall–Kier alpha value is -1.52. The van der Waals surface area contributed by atoms with Crippen LogP contribution in [0.25, 0.3) is 0 Å². The number of carbonyl (C=O) groups excluding carboxylic acids is 1. The summed E-state index contributed by atoms with van der Waals surface area (Å²) in [6, 6.07) is -0.372. The number of aryl methyl sites for hydroxylation is 2. The molecule has 0 saturated heterocycles. The first-order valence-corrected chi connectivity index (χ1v) is 4.07. The zero-order valence-electron chi connectivity index (χ0n) is 8.03. The molecule has 1 heterocycles. The summed E-state index contributed by atoms with van der Waals surface area (Å²) >= 11 is 0. The van der Waals surface area contributed by atoms with Crippen LogP contribution in [0.4, 0.5) is 5.69 Å². The van der Waals surface area contributed by atoms with Crippen molar-refractivity contribution in [3.63, 3.8) is 0 Å². The van der Waals surface area contributed by atoms with Gasteiger partial charge in [0, 0.05) is 13.2 Å². The number of aromatic nitrogens is 2. The predicted molar refractivity (Wildman–Crippen MR) is 50.2 cm³/mol. The molecule has 0 radical (unpaired) electrons. The van der Waals surface area contributed by atoms with E-state index in [1.54, 1.807) is 11.6 Å². The van der Waals surface area contributed by atoms with Gasteiger partial charge in [-0.3, -0.25) is 9.48 Å². The molecule has 5 heteroatoms. The number of hydrogen-bond acceptors (Lipinski definition) is 3. The van der Waals surface area contributed by atoms with Crippen LogP contribution in [-0.2, 0) is 11.8 Å². The Labute approximate surface area is 76.9 Å². The minimum Gasteiger partial charge on any atom is -0.371 e. The Kier molecular flexibility index (Phi) is 2.55. The lowest BCUT2D eigenvalue weighted by molar-refractivity contribution is -0.118. The first-order valence-electron chi connectivity index (χ1n) is 4.07. The Morgan fingerprint density at radius 1 is 1.77 bits per heavy atom. The van der Waals surface area contributed by atoms with Gasteiger partial charge in [-0.25, -0.2) is 0 Å². The molecule has 1 atom stereocenters. The Bertz CT molecular complexity index is 318. The van der Waals surface area contributed by atoms with E-state index in [1.807, 2.05) is 20.2 Å². The summed E-state index contributed by atoms with van der Waals surface area (Å²) in [7, 11) is 1.83. The van der Waals surface area contributed by atoms with E-state index in [0.29, 0.717) is 0 Å². The molecule has 0 fully saturated rings. The minimum absolute atomic E-state index is 0.372. The third-order valence-corrected chi connectivity index (χ3v) is 1.81. The van der Waals surface area contributed by atoms with Gasteiger partial charge >= 0.3 is 0 Å². The van der Waals surface area contributed by atoms with Gasteiger partial charge in [-0.15, -0.1) is 0 Å². The molecule has 0 bridgehead atoms. The molecule has 0 aliphatic rings. The van der Waals surface area contributed by atoms with Crippen molar-refractivity contribution >= 4 is 11.6 Å². The van der Waals surface area contributed by atoms with Gasteiger partial charge in [-0.1, -0.05) is 0 Å². The number of primary amides is 1. The summed E-state index contributed by atoms with van der Waals surface area (Å²) in [6.45, 7) is 3.59. The lowest BCUT2D eigenvalue weighted by Crippen LogP contribution is -2.32. The first-order chi connectivity index (χ1) is 6.00. The summed E-state index contributed by atoms with van der Waals surface area (Å²) in [5.74, 6) is -0.372. The van der Waals surface area contributed by atoms with Crippen LogP contribution in [0.15, 0.2) is 6.20 Å². The Morgan fingerprint density at radius 3 is 2.77 bits per heavy atom.